The molecule has 1 aliphatic heterocycles. The summed E-state index contributed by atoms with van der Waals surface area (Å²) < 4.78 is 0. The predicted molar refractivity (Wildman–Crippen MR) is 59.3 cm³/mol. The molecule has 2 N–H and O–H groups in total. The number of alkyl halides is 1. The lowest BCUT2D eigenvalue weighted by atomic mass is 10.2. The highest BCUT2D eigenvalue weighted by Crippen LogP contribution is 1.98. The van der Waals surface area contributed by atoms with Gasteiger partial charge in [-0.3, -0.25) is 0 Å². The fourth-order valence-electron chi connectivity index (χ4n) is 1.02. The normalized spacial score (nSPS) is 20.8. The minimum atomic E-state index is -0.0429. The molecule has 74 valence electrons. The minimum Gasteiger partial charge on any atom is -0.356 e. The Balaban J connectivity index is 2.14. The molecule has 1 atom stereocenters. The number of halogens is 1. The summed E-state index contributed by atoms with van der Waals surface area (Å²) in [6, 6.07) is 0. The maximum atomic E-state index is 4.05. The van der Waals surface area contributed by atoms with Crippen molar-refractivity contribution in [2.45, 2.75) is 31.3 Å². The van der Waals surface area contributed by atoms with Gasteiger partial charge < -0.3 is 10.6 Å². The highest BCUT2D eigenvalue weighted by Gasteiger charge is 2.06. The van der Waals surface area contributed by atoms with E-state index in [1.807, 2.05) is 0 Å². The molecular weight excluding hydrogens is 232 g/mol. The fraction of sp³-hybridized carbons (Fsp3) is 0.750. The molecule has 1 rings (SSSR count). The number of hydrogen-bond donors (Lipinski definition) is 2. The van der Waals surface area contributed by atoms with Gasteiger partial charge in [-0.15, -0.1) is 0 Å². The van der Waals surface area contributed by atoms with E-state index in [0.29, 0.717) is 0 Å². The summed E-state index contributed by atoms with van der Waals surface area (Å²) in [4.78, 5) is 8.03. The van der Waals surface area contributed by atoms with Crippen molar-refractivity contribution in [3.63, 3.8) is 0 Å². The van der Waals surface area contributed by atoms with Gasteiger partial charge in [0.05, 0.1) is 0 Å². The Morgan fingerprint density at radius 3 is 3.15 bits per heavy atom. The molecule has 0 saturated carbocycles. The van der Waals surface area contributed by atoms with Gasteiger partial charge >= 0.3 is 0 Å². The first-order valence-electron chi connectivity index (χ1n) is 4.57. The Morgan fingerprint density at radius 1 is 1.62 bits per heavy atom. The van der Waals surface area contributed by atoms with Gasteiger partial charge in [-0.2, -0.15) is 0 Å². The summed E-state index contributed by atoms with van der Waals surface area (Å²) in [5.41, 5.74) is 0. The monoisotopic (exact) mass is 246 g/mol. The van der Waals surface area contributed by atoms with Crippen molar-refractivity contribution in [1.82, 2.24) is 10.6 Å². The highest BCUT2D eigenvalue weighted by atomic mass is 79.9. The van der Waals surface area contributed by atoms with Crippen LogP contribution in [0.3, 0.4) is 0 Å². The topological polar surface area (TPSA) is 48.8 Å². The van der Waals surface area contributed by atoms with Gasteiger partial charge in [-0.25, -0.2) is 9.98 Å². The summed E-state index contributed by atoms with van der Waals surface area (Å²) >= 11 is 3.32. The van der Waals surface area contributed by atoms with Crippen molar-refractivity contribution < 1.29 is 0 Å². The van der Waals surface area contributed by atoms with E-state index < -0.39 is 0 Å². The van der Waals surface area contributed by atoms with Crippen LogP contribution in [0.4, 0.5) is 0 Å². The predicted octanol–water partition coefficient (Wildman–Crippen LogP) is 1.43. The first-order valence-corrected chi connectivity index (χ1v) is 5.48. The van der Waals surface area contributed by atoms with Crippen molar-refractivity contribution in [2.75, 3.05) is 6.54 Å². The zero-order chi connectivity index (χ0) is 9.52. The molecule has 0 aromatic rings. The van der Waals surface area contributed by atoms with Crippen molar-refractivity contribution in [3.05, 3.63) is 0 Å². The summed E-state index contributed by atoms with van der Waals surface area (Å²) in [5, 5.41) is 6.21. The van der Waals surface area contributed by atoms with Crippen LogP contribution in [0.25, 0.3) is 0 Å². The molecule has 0 radical (unpaired) electrons. The molecule has 5 heteroatoms. The second kappa shape index (κ2) is 5.96. The Morgan fingerprint density at radius 2 is 2.46 bits per heavy atom. The molecule has 0 aromatic heterocycles. The Bertz CT molecular complexity index is 202. The molecular formula is C8H15BrN4. The zero-order valence-corrected chi connectivity index (χ0v) is 9.34. The summed E-state index contributed by atoms with van der Waals surface area (Å²) in [7, 11) is 0. The lowest BCUT2D eigenvalue weighted by molar-refractivity contribution is 0.681. The van der Waals surface area contributed by atoms with Crippen LogP contribution in [0.2, 0.25) is 0 Å². The minimum absolute atomic E-state index is 0.0429. The summed E-state index contributed by atoms with van der Waals surface area (Å²) in [5.74, 6) is 0.799. The van der Waals surface area contributed by atoms with E-state index in [2.05, 4.69) is 43.5 Å². The van der Waals surface area contributed by atoms with Crippen LogP contribution in [-0.2, 0) is 0 Å². The smallest absolute Gasteiger partial charge is 0.199 e. The first-order chi connectivity index (χ1) is 6.33. The fourth-order valence-corrected chi connectivity index (χ4v) is 1.34. The number of unbranched alkanes of at least 4 members (excludes halogenated alkanes) is 2. The van der Waals surface area contributed by atoms with E-state index in [-0.39, 0.29) is 5.08 Å². The van der Waals surface area contributed by atoms with E-state index in [1.54, 1.807) is 6.34 Å². The van der Waals surface area contributed by atoms with Gasteiger partial charge in [0.15, 0.2) is 11.0 Å². The number of nitrogens with one attached hydrogen (secondary N) is 2. The van der Waals surface area contributed by atoms with Gasteiger partial charge in [0.25, 0.3) is 0 Å². The molecule has 13 heavy (non-hydrogen) atoms. The number of aliphatic imine (C=N–C) groups is 2. The van der Waals surface area contributed by atoms with E-state index in [4.69, 9.17) is 0 Å². The van der Waals surface area contributed by atoms with Gasteiger partial charge in [0.2, 0.25) is 0 Å². The number of rotatable bonds is 4. The molecule has 0 aromatic carbocycles. The van der Waals surface area contributed by atoms with E-state index in [0.717, 1.165) is 12.5 Å². The summed E-state index contributed by atoms with van der Waals surface area (Å²) in [6.45, 7) is 3.16. The lowest BCUT2D eigenvalue weighted by Gasteiger charge is -2.15. The van der Waals surface area contributed by atoms with Crippen molar-refractivity contribution in [2.24, 2.45) is 9.98 Å². The third-order valence-corrected chi connectivity index (χ3v) is 2.18. The van der Waals surface area contributed by atoms with Crippen molar-refractivity contribution in [3.8, 4) is 0 Å². The van der Waals surface area contributed by atoms with Gasteiger partial charge in [0, 0.05) is 6.54 Å². The Hall–Kier alpha value is -0.580. The average molecular weight is 247 g/mol. The molecule has 0 aliphatic carbocycles. The van der Waals surface area contributed by atoms with Crippen molar-refractivity contribution >= 4 is 28.2 Å². The second-order valence-corrected chi connectivity index (χ2v) is 3.72. The number of guanidine groups is 1. The summed E-state index contributed by atoms with van der Waals surface area (Å²) in [6.07, 6.45) is 5.23. The zero-order valence-electron chi connectivity index (χ0n) is 7.76. The highest BCUT2D eigenvalue weighted by molar-refractivity contribution is 9.09. The van der Waals surface area contributed by atoms with Gasteiger partial charge in [-0.05, 0) is 22.4 Å². The van der Waals surface area contributed by atoms with Crippen LogP contribution >= 0.6 is 15.9 Å². The molecule has 0 saturated heterocycles. The van der Waals surface area contributed by atoms with Crippen LogP contribution < -0.4 is 10.6 Å². The van der Waals surface area contributed by atoms with Crippen LogP contribution in [0, 0.1) is 0 Å². The number of hydrogen-bond acceptors (Lipinski definition) is 4. The first kappa shape index (κ1) is 10.5. The van der Waals surface area contributed by atoms with Crippen LogP contribution in [-0.4, -0.2) is 23.9 Å². The Kier molecular flexibility index (Phi) is 4.82. The maximum Gasteiger partial charge on any atom is 0.199 e. The van der Waals surface area contributed by atoms with Crippen LogP contribution in [0.15, 0.2) is 9.98 Å². The standard InChI is InChI=1S/C8H15BrN4/c1-2-3-4-5-10-8-12-6-11-7(9)13-8/h6-7H,2-5H2,1H3,(H2,10,11,12,13). The maximum absolute atomic E-state index is 4.05. The molecule has 1 heterocycles. The van der Waals surface area contributed by atoms with Gasteiger partial charge in [-0.1, -0.05) is 19.8 Å². The Labute approximate surface area is 87.0 Å². The van der Waals surface area contributed by atoms with Gasteiger partial charge in [0.1, 0.15) is 6.34 Å². The van der Waals surface area contributed by atoms with Crippen LogP contribution in [0.5, 0.6) is 0 Å². The molecule has 0 amide bonds. The molecule has 4 nitrogen and oxygen atoms in total. The average Bonchev–Trinajstić information content (AvgIpc) is 2.13. The SMILES string of the molecule is CCCCCNC1=NC=NC(Br)N1. The molecule has 0 spiro atoms. The quantitative estimate of drug-likeness (QED) is 0.448. The van der Waals surface area contributed by atoms with E-state index >= 15 is 0 Å². The molecule has 0 bridgehead atoms. The molecule has 1 aliphatic rings. The number of nitrogens with zero attached hydrogens (tertiary/aromatic N) is 2. The molecule has 1 unspecified atom stereocenters. The second-order valence-electron chi connectivity index (χ2n) is 2.86. The largest absolute Gasteiger partial charge is 0.356 e. The van der Waals surface area contributed by atoms with Crippen LogP contribution in [0.1, 0.15) is 26.2 Å². The van der Waals surface area contributed by atoms with Crippen molar-refractivity contribution in [1.29, 1.82) is 0 Å². The third-order valence-electron chi connectivity index (χ3n) is 1.71. The van der Waals surface area contributed by atoms with E-state index in [9.17, 15) is 0 Å². The molecule has 0 fully saturated rings. The lowest BCUT2D eigenvalue weighted by Crippen LogP contribution is -2.42. The van der Waals surface area contributed by atoms with E-state index in [1.165, 1.54) is 19.3 Å². The third kappa shape index (κ3) is 4.26.